The number of rotatable bonds is 8. The molecule has 0 amide bonds. The van der Waals surface area contributed by atoms with Crippen molar-refractivity contribution >= 4 is 29.9 Å². The Morgan fingerprint density at radius 1 is 1.40 bits per heavy atom. The van der Waals surface area contributed by atoms with Crippen LogP contribution in [0.3, 0.4) is 0 Å². The van der Waals surface area contributed by atoms with Crippen molar-refractivity contribution < 1.29 is 13.2 Å². The Kier molecular flexibility index (Phi) is 10.8. The molecule has 0 aliphatic rings. The zero-order valence-electron chi connectivity index (χ0n) is 14.9. The Morgan fingerprint density at radius 3 is 2.64 bits per heavy atom. The molecule has 0 fully saturated rings. The molecule has 0 spiro atoms. The molecule has 0 unspecified atom stereocenters. The molecule has 0 saturated carbocycles. The molecule has 0 aliphatic heterocycles. The predicted molar refractivity (Wildman–Crippen MR) is 105 cm³/mol. The number of nitrogens with zero attached hydrogens (tertiary/aromatic N) is 4. The summed E-state index contributed by atoms with van der Waals surface area (Å²) in [4.78, 5) is 6.04. The molecule has 0 radical (unpaired) electrons. The number of aliphatic imine (C=N–C) groups is 1. The number of hydrogen-bond donors (Lipinski definition) is 1. The minimum absolute atomic E-state index is 0. The van der Waals surface area contributed by atoms with E-state index in [9.17, 15) is 13.2 Å². The Bertz CT molecular complexity index is 554. The number of alkyl halides is 3. The lowest BCUT2D eigenvalue weighted by atomic mass is 10.2. The van der Waals surface area contributed by atoms with Crippen LogP contribution >= 0.6 is 24.0 Å². The van der Waals surface area contributed by atoms with Crippen molar-refractivity contribution in [3.63, 3.8) is 0 Å². The van der Waals surface area contributed by atoms with Crippen LogP contribution in [0.5, 0.6) is 0 Å². The van der Waals surface area contributed by atoms with Gasteiger partial charge in [0.05, 0.1) is 0 Å². The van der Waals surface area contributed by atoms with Crippen LogP contribution in [0.15, 0.2) is 23.8 Å². The summed E-state index contributed by atoms with van der Waals surface area (Å²) < 4.78 is 40.0. The first-order chi connectivity index (χ1) is 11.3. The smallest absolute Gasteiger partial charge is 0.352 e. The van der Waals surface area contributed by atoms with E-state index in [1.165, 1.54) is 17.9 Å². The standard InChI is InChI=1S/C16H26F3N5.HI/c1-5-6-7-8-9-10-23(3)15(20-2)21-11-13-12-24(4)22-14(13)16(17,18)19;/h5,12H,1,6-11H2,2-4H3,(H,20,21);1H. The highest BCUT2D eigenvalue weighted by Gasteiger charge is 2.36. The molecule has 144 valence electrons. The first kappa shape index (κ1) is 23.7. The highest BCUT2D eigenvalue weighted by atomic mass is 127. The minimum Gasteiger partial charge on any atom is -0.352 e. The summed E-state index contributed by atoms with van der Waals surface area (Å²) in [5.41, 5.74) is -0.759. The van der Waals surface area contributed by atoms with Crippen molar-refractivity contribution in [1.29, 1.82) is 0 Å². The summed E-state index contributed by atoms with van der Waals surface area (Å²) in [6, 6.07) is 0. The third kappa shape index (κ3) is 8.10. The molecule has 9 heteroatoms. The summed E-state index contributed by atoms with van der Waals surface area (Å²) >= 11 is 0. The zero-order valence-corrected chi connectivity index (χ0v) is 17.3. The number of aromatic nitrogens is 2. The SMILES string of the molecule is C=CCCCCCN(C)C(=NC)NCc1cn(C)nc1C(F)(F)F.I. The molecule has 1 N–H and O–H groups in total. The lowest BCUT2D eigenvalue weighted by Crippen LogP contribution is -2.39. The van der Waals surface area contributed by atoms with Gasteiger partial charge in [-0.05, 0) is 19.3 Å². The number of nitrogens with one attached hydrogen (secondary N) is 1. The second-order valence-corrected chi connectivity index (χ2v) is 5.63. The molecular weight excluding hydrogens is 446 g/mol. The van der Waals surface area contributed by atoms with Gasteiger partial charge in [-0.3, -0.25) is 9.67 Å². The maximum atomic E-state index is 12.9. The average molecular weight is 473 g/mol. The molecule has 1 heterocycles. The fourth-order valence-corrected chi connectivity index (χ4v) is 2.38. The molecule has 0 saturated heterocycles. The Labute approximate surface area is 164 Å². The molecule has 25 heavy (non-hydrogen) atoms. The number of allylic oxidation sites excluding steroid dienone is 1. The predicted octanol–water partition coefficient (Wildman–Crippen LogP) is 3.81. The van der Waals surface area contributed by atoms with Crippen molar-refractivity contribution in [2.24, 2.45) is 12.0 Å². The van der Waals surface area contributed by atoms with Crippen molar-refractivity contribution in [3.05, 3.63) is 30.1 Å². The van der Waals surface area contributed by atoms with Gasteiger partial charge in [-0.2, -0.15) is 18.3 Å². The second kappa shape index (κ2) is 11.4. The second-order valence-electron chi connectivity index (χ2n) is 5.63. The number of aryl methyl sites for hydroxylation is 1. The van der Waals surface area contributed by atoms with Crippen LogP contribution < -0.4 is 5.32 Å². The van der Waals surface area contributed by atoms with Gasteiger partial charge in [-0.15, -0.1) is 30.6 Å². The van der Waals surface area contributed by atoms with E-state index in [2.05, 4.69) is 22.0 Å². The van der Waals surface area contributed by atoms with Crippen LogP contribution in [0.2, 0.25) is 0 Å². The van der Waals surface area contributed by atoms with Gasteiger partial charge < -0.3 is 10.2 Å². The zero-order chi connectivity index (χ0) is 18.2. The molecule has 1 rings (SSSR count). The van der Waals surface area contributed by atoms with Gasteiger partial charge in [0.2, 0.25) is 0 Å². The van der Waals surface area contributed by atoms with E-state index in [0.717, 1.165) is 32.2 Å². The molecule has 0 atom stereocenters. The van der Waals surface area contributed by atoms with Gasteiger partial charge in [0, 0.05) is 46.0 Å². The molecule has 0 aliphatic carbocycles. The van der Waals surface area contributed by atoms with Crippen molar-refractivity contribution in [1.82, 2.24) is 20.0 Å². The molecule has 1 aromatic heterocycles. The topological polar surface area (TPSA) is 45.5 Å². The number of unbranched alkanes of at least 4 members (excludes halogenated alkanes) is 3. The van der Waals surface area contributed by atoms with Crippen LogP contribution in [0.4, 0.5) is 13.2 Å². The molecule has 1 aromatic rings. The van der Waals surface area contributed by atoms with E-state index in [-0.39, 0.29) is 36.1 Å². The first-order valence-electron chi connectivity index (χ1n) is 7.92. The lowest BCUT2D eigenvalue weighted by Gasteiger charge is -2.22. The van der Waals surface area contributed by atoms with Crippen molar-refractivity contribution in [2.45, 2.75) is 38.4 Å². The summed E-state index contributed by atoms with van der Waals surface area (Å²) in [5, 5.41) is 6.47. The molecule has 0 aromatic carbocycles. The summed E-state index contributed by atoms with van der Waals surface area (Å²) in [6.45, 7) is 4.50. The van der Waals surface area contributed by atoms with Gasteiger partial charge in [0.1, 0.15) is 0 Å². The van der Waals surface area contributed by atoms with Gasteiger partial charge >= 0.3 is 6.18 Å². The fraction of sp³-hybridized carbons (Fsp3) is 0.625. The van der Waals surface area contributed by atoms with Gasteiger partial charge in [-0.25, -0.2) is 0 Å². The van der Waals surface area contributed by atoms with Crippen LogP contribution in [0.1, 0.15) is 36.9 Å². The maximum Gasteiger partial charge on any atom is 0.435 e. The number of hydrogen-bond acceptors (Lipinski definition) is 2. The van der Waals surface area contributed by atoms with E-state index in [4.69, 9.17) is 0 Å². The van der Waals surface area contributed by atoms with E-state index in [0.29, 0.717) is 5.96 Å². The Hall–Kier alpha value is -1.26. The van der Waals surface area contributed by atoms with Crippen LogP contribution in [0.25, 0.3) is 0 Å². The van der Waals surface area contributed by atoms with Gasteiger partial charge in [0.25, 0.3) is 0 Å². The molecule has 0 bridgehead atoms. The van der Waals surface area contributed by atoms with Gasteiger partial charge in [0.15, 0.2) is 11.7 Å². The van der Waals surface area contributed by atoms with E-state index >= 15 is 0 Å². The highest BCUT2D eigenvalue weighted by molar-refractivity contribution is 14.0. The number of guanidine groups is 1. The Morgan fingerprint density at radius 2 is 2.08 bits per heavy atom. The molecule has 5 nitrogen and oxygen atoms in total. The minimum atomic E-state index is -4.46. The van der Waals surface area contributed by atoms with E-state index < -0.39 is 11.9 Å². The number of halogens is 4. The van der Waals surface area contributed by atoms with E-state index in [1.54, 1.807) is 7.05 Å². The lowest BCUT2D eigenvalue weighted by molar-refractivity contribution is -0.142. The van der Waals surface area contributed by atoms with Crippen LogP contribution in [-0.2, 0) is 19.8 Å². The Balaban J connectivity index is 0.00000576. The summed E-state index contributed by atoms with van der Waals surface area (Å²) in [5.74, 6) is 0.565. The quantitative estimate of drug-likeness (QED) is 0.205. The van der Waals surface area contributed by atoms with Gasteiger partial charge in [-0.1, -0.05) is 12.5 Å². The third-order valence-electron chi connectivity index (χ3n) is 3.59. The first-order valence-corrected chi connectivity index (χ1v) is 7.92. The van der Waals surface area contributed by atoms with Crippen LogP contribution in [-0.4, -0.2) is 41.3 Å². The van der Waals surface area contributed by atoms with Crippen LogP contribution in [0, 0.1) is 0 Å². The normalized spacial score (nSPS) is 11.8. The average Bonchev–Trinajstić information content (AvgIpc) is 2.89. The fourth-order valence-electron chi connectivity index (χ4n) is 2.38. The summed E-state index contributed by atoms with van der Waals surface area (Å²) in [6.07, 6.45) is 2.97. The highest BCUT2D eigenvalue weighted by Crippen LogP contribution is 2.30. The maximum absolute atomic E-state index is 12.9. The third-order valence-corrected chi connectivity index (χ3v) is 3.59. The van der Waals surface area contributed by atoms with Crippen molar-refractivity contribution in [3.8, 4) is 0 Å². The van der Waals surface area contributed by atoms with E-state index in [1.807, 2.05) is 18.0 Å². The summed E-state index contributed by atoms with van der Waals surface area (Å²) in [7, 11) is 4.96. The molecular formula is C16H27F3IN5. The van der Waals surface area contributed by atoms with Crippen molar-refractivity contribution in [2.75, 3.05) is 20.6 Å². The monoisotopic (exact) mass is 473 g/mol. The largest absolute Gasteiger partial charge is 0.435 e.